The Morgan fingerprint density at radius 3 is 2.79 bits per heavy atom. The zero-order valence-corrected chi connectivity index (χ0v) is 8.96. The second-order valence-corrected chi connectivity index (χ2v) is 4.62. The first-order chi connectivity index (χ1) is 6.77. The van der Waals surface area contributed by atoms with Crippen LogP contribution < -0.4 is 5.32 Å². The second kappa shape index (κ2) is 4.30. The van der Waals surface area contributed by atoms with Crippen molar-refractivity contribution in [1.29, 1.82) is 0 Å². The van der Waals surface area contributed by atoms with Crippen molar-refractivity contribution >= 4 is 5.91 Å². The number of amides is 1. The first-order valence-electron chi connectivity index (χ1n) is 5.75. The highest BCUT2D eigenvalue weighted by Gasteiger charge is 2.29. The van der Waals surface area contributed by atoms with Gasteiger partial charge in [-0.1, -0.05) is 12.8 Å². The zero-order valence-electron chi connectivity index (χ0n) is 8.96. The van der Waals surface area contributed by atoms with Crippen LogP contribution in [0.25, 0.3) is 0 Å². The van der Waals surface area contributed by atoms with Crippen molar-refractivity contribution < 1.29 is 4.79 Å². The van der Waals surface area contributed by atoms with Gasteiger partial charge in [0.15, 0.2) is 0 Å². The highest BCUT2D eigenvalue weighted by atomic mass is 16.2. The van der Waals surface area contributed by atoms with Crippen LogP contribution in [0.4, 0.5) is 0 Å². The molecule has 3 nitrogen and oxygen atoms in total. The third-order valence-corrected chi connectivity index (χ3v) is 3.64. The summed E-state index contributed by atoms with van der Waals surface area (Å²) in [5, 5.41) is 3.52. The topological polar surface area (TPSA) is 32.3 Å². The number of hydrogen-bond acceptors (Lipinski definition) is 2. The average Bonchev–Trinajstić information content (AvgIpc) is 2.63. The smallest absolute Gasteiger partial charge is 0.223 e. The fraction of sp³-hybridized carbons (Fsp3) is 0.909. The molecule has 1 aliphatic carbocycles. The molecule has 80 valence electrons. The van der Waals surface area contributed by atoms with Crippen LogP contribution >= 0.6 is 0 Å². The van der Waals surface area contributed by atoms with E-state index in [0.717, 1.165) is 19.0 Å². The lowest BCUT2D eigenvalue weighted by atomic mass is 9.95. The maximum Gasteiger partial charge on any atom is 0.223 e. The molecule has 3 heteroatoms. The molecule has 14 heavy (non-hydrogen) atoms. The Kier molecular flexibility index (Phi) is 3.06. The monoisotopic (exact) mass is 196 g/mol. The van der Waals surface area contributed by atoms with Crippen molar-refractivity contribution in [2.45, 2.75) is 38.1 Å². The van der Waals surface area contributed by atoms with Gasteiger partial charge in [-0.05, 0) is 18.8 Å². The predicted octanol–water partition coefficient (Wildman–Crippen LogP) is 0.997. The molecule has 0 radical (unpaired) electrons. The third-order valence-electron chi connectivity index (χ3n) is 3.64. The molecule has 1 atom stereocenters. The number of nitrogens with zero attached hydrogens (tertiary/aromatic N) is 1. The molecule has 0 aromatic carbocycles. The number of carbonyl (C=O) groups excluding carboxylic acids is 1. The molecule has 0 aromatic heterocycles. The minimum Gasteiger partial charge on any atom is -0.344 e. The lowest BCUT2D eigenvalue weighted by Crippen LogP contribution is -2.35. The minimum atomic E-state index is 0.312. The number of carbonyl (C=O) groups is 1. The molecular formula is C11H20N2O. The lowest BCUT2D eigenvalue weighted by molar-refractivity contribution is -0.129. The molecule has 1 N–H and O–H groups in total. The van der Waals surface area contributed by atoms with Crippen molar-refractivity contribution in [1.82, 2.24) is 10.2 Å². The van der Waals surface area contributed by atoms with E-state index in [4.69, 9.17) is 0 Å². The van der Waals surface area contributed by atoms with Crippen LogP contribution in [-0.4, -0.2) is 37.0 Å². The Hall–Kier alpha value is -0.570. The van der Waals surface area contributed by atoms with Crippen LogP contribution in [0.2, 0.25) is 0 Å². The van der Waals surface area contributed by atoms with Crippen LogP contribution in [-0.2, 0) is 4.79 Å². The van der Waals surface area contributed by atoms with Gasteiger partial charge in [0.1, 0.15) is 0 Å². The summed E-state index contributed by atoms with van der Waals surface area (Å²) in [7, 11) is 1.90. The third kappa shape index (κ3) is 2.08. The van der Waals surface area contributed by atoms with E-state index in [0.29, 0.717) is 18.4 Å². The standard InChI is InChI=1S/C11H20N2O/c1-13-7-6-12-10(8-11(13)14)9-4-2-3-5-9/h9-10,12H,2-8H2,1H3. The van der Waals surface area contributed by atoms with E-state index >= 15 is 0 Å². The molecule has 1 unspecified atom stereocenters. The van der Waals surface area contributed by atoms with Gasteiger partial charge in [-0.15, -0.1) is 0 Å². The average molecular weight is 196 g/mol. The van der Waals surface area contributed by atoms with E-state index in [9.17, 15) is 4.79 Å². The summed E-state index contributed by atoms with van der Waals surface area (Å²) in [5.74, 6) is 1.07. The normalized spacial score (nSPS) is 30.8. The molecule has 1 heterocycles. The Balaban J connectivity index is 1.94. The molecule has 0 aromatic rings. The van der Waals surface area contributed by atoms with Gasteiger partial charge < -0.3 is 10.2 Å². The molecule has 1 saturated heterocycles. The first-order valence-corrected chi connectivity index (χ1v) is 5.75. The molecule has 2 rings (SSSR count). The summed E-state index contributed by atoms with van der Waals surface area (Å²) in [5.41, 5.74) is 0. The number of likely N-dealkylation sites (N-methyl/N-ethyl adjacent to an activating group) is 1. The largest absolute Gasteiger partial charge is 0.344 e. The predicted molar refractivity (Wildman–Crippen MR) is 56.0 cm³/mol. The van der Waals surface area contributed by atoms with Gasteiger partial charge in [-0.3, -0.25) is 4.79 Å². The van der Waals surface area contributed by atoms with Crippen LogP contribution in [0.15, 0.2) is 0 Å². The number of nitrogens with one attached hydrogen (secondary N) is 1. The van der Waals surface area contributed by atoms with Crippen molar-refractivity contribution in [2.24, 2.45) is 5.92 Å². The van der Waals surface area contributed by atoms with Crippen LogP contribution in [0.3, 0.4) is 0 Å². The van der Waals surface area contributed by atoms with Gasteiger partial charge in [0, 0.05) is 32.6 Å². The van der Waals surface area contributed by atoms with Gasteiger partial charge >= 0.3 is 0 Å². The van der Waals surface area contributed by atoms with E-state index < -0.39 is 0 Å². The van der Waals surface area contributed by atoms with Gasteiger partial charge in [0.05, 0.1) is 0 Å². The Bertz CT molecular complexity index is 211. The molecule has 0 bridgehead atoms. The van der Waals surface area contributed by atoms with Gasteiger partial charge in [-0.2, -0.15) is 0 Å². The van der Waals surface area contributed by atoms with E-state index in [1.54, 1.807) is 0 Å². The van der Waals surface area contributed by atoms with Crippen LogP contribution in [0.1, 0.15) is 32.1 Å². The maximum atomic E-state index is 11.7. The lowest BCUT2D eigenvalue weighted by Gasteiger charge is -2.21. The summed E-state index contributed by atoms with van der Waals surface area (Å²) < 4.78 is 0. The highest BCUT2D eigenvalue weighted by molar-refractivity contribution is 5.76. The molecule has 1 amide bonds. The van der Waals surface area contributed by atoms with Gasteiger partial charge in [0.2, 0.25) is 5.91 Å². The fourth-order valence-electron chi connectivity index (χ4n) is 2.65. The summed E-state index contributed by atoms with van der Waals surface area (Å²) in [4.78, 5) is 13.5. The van der Waals surface area contributed by atoms with E-state index in [2.05, 4.69) is 5.32 Å². The van der Waals surface area contributed by atoms with Crippen molar-refractivity contribution in [3.8, 4) is 0 Å². The number of hydrogen-bond donors (Lipinski definition) is 1. The SMILES string of the molecule is CN1CCNC(C2CCCC2)CC1=O. The number of rotatable bonds is 1. The van der Waals surface area contributed by atoms with Crippen LogP contribution in [0.5, 0.6) is 0 Å². The maximum absolute atomic E-state index is 11.7. The molecule has 1 aliphatic heterocycles. The first kappa shape index (κ1) is 9.97. The van der Waals surface area contributed by atoms with E-state index in [1.807, 2.05) is 11.9 Å². The van der Waals surface area contributed by atoms with Gasteiger partial charge in [0.25, 0.3) is 0 Å². The minimum absolute atomic E-state index is 0.312. The molecule has 2 aliphatic rings. The zero-order chi connectivity index (χ0) is 9.97. The molecule has 0 spiro atoms. The van der Waals surface area contributed by atoms with Crippen molar-refractivity contribution in [3.05, 3.63) is 0 Å². The molecule has 2 fully saturated rings. The van der Waals surface area contributed by atoms with Crippen molar-refractivity contribution in [3.63, 3.8) is 0 Å². The Labute approximate surface area is 85.8 Å². The highest BCUT2D eigenvalue weighted by Crippen LogP contribution is 2.29. The molecule has 1 saturated carbocycles. The Morgan fingerprint density at radius 2 is 2.07 bits per heavy atom. The van der Waals surface area contributed by atoms with E-state index in [1.165, 1.54) is 25.7 Å². The van der Waals surface area contributed by atoms with Crippen LogP contribution in [0, 0.1) is 5.92 Å². The summed E-state index contributed by atoms with van der Waals surface area (Å²) in [6.07, 6.45) is 6.05. The summed E-state index contributed by atoms with van der Waals surface area (Å²) >= 11 is 0. The van der Waals surface area contributed by atoms with E-state index in [-0.39, 0.29) is 0 Å². The molecular weight excluding hydrogens is 176 g/mol. The second-order valence-electron chi connectivity index (χ2n) is 4.62. The summed E-state index contributed by atoms with van der Waals surface area (Å²) in [6, 6.07) is 0.454. The summed E-state index contributed by atoms with van der Waals surface area (Å²) in [6.45, 7) is 1.82. The van der Waals surface area contributed by atoms with Gasteiger partial charge in [-0.25, -0.2) is 0 Å². The fourth-order valence-corrected chi connectivity index (χ4v) is 2.65. The van der Waals surface area contributed by atoms with Crippen molar-refractivity contribution in [2.75, 3.05) is 20.1 Å². The quantitative estimate of drug-likeness (QED) is 0.678. The Morgan fingerprint density at radius 1 is 1.36 bits per heavy atom.